The molecular weight excluding hydrogens is 364 g/mol. The number of fused-ring (bicyclic) bond motifs is 1. The Balaban J connectivity index is 1.79. The molecule has 0 unspecified atom stereocenters. The fourth-order valence-electron chi connectivity index (χ4n) is 3.02. The zero-order valence-corrected chi connectivity index (χ0v) is 16.6. The van der Waals surface area contributed by atoms with Crippen LogP contribution in [0.3, 0.4) is 0 Å². The number of ether oxygens (including phenoxy) is 1. The molecule has 1 fully saturated rings. The molecule has 8 heteroatoms. The van der Waals surface area contributed by atoms with Gasteiger partial charge in [0.15, 0.2) is 11.3 Å². The summed E-state index contributed by atoms with van der Waals surface area (Å²) >= 11 is 6.29. The van der Waals surface area contributed by atoms with Crippen molar-refractivity contribution in [1.82, 2.24) is 25.0 Å². The molecule has 4 rings (SSSR count). The third-order valence-corrected chi connectivity index (χ3v) is 4.89. The van der Waals surface area contributed by atoms with E-state index in [2.05, 4.69) is 35.9 Å². The van der Waals surface area contributed by atoms with Crippen molar-refractivity contribution in [3.63, 3.8) is 0 Å². The average molecular weight is 387 g/mol. The Morgan fingerprint density at radius 2 is 1.81 bits per heavy atom. The zero-order valence-electron chi connectivity index (χ0n) is 15.8. The van der Waals surface area contributed by atoms with Crippen molar-refractivity contribution in [2.24, 2.45) is 0 Å². The van der Waals surface area contributed by atoms with Gasteiger partial charge in [-0.3, -0.25) is 0 Å². The standard InChI is InChI=1S/C19H23ClN6O/c1-19(2,3)18-21-16-15(17(22-18)25-8-10-27-11-9-25)23-26(24-16)12-13-6-4-5-7-14(13)20/h4-7H,8-12H2,1-3H3. The molecule has 27 heavy (non-hydrogen) atoms. The second-order valence-corrected chi connectivity index (χ2v) is 8.12. The van der Waals surface area contributed by atoms with Crippen LogP contribution < -0.4 is 4.90 Å². The average Bonchev–Trinajstić information content (AvgIpc) is 3.05. The molecule has 3 aromatic rings. The van der Waals surface area contributed by atoms with Crippen LogP contribution in [-0.4, -0.2) is 51.3 Å². The van der Waals surface area contributed by atoms with Crippen LogP contribution >= 0.6 is 11.6 Å². The summed E-state index contributed by atoms with van der Waals surface area (Å²) in [6.45, 7) is 9.74. The summed E-state index contributed by atoms with van der Waals surface area (Å²) in [4.78, 5) is 13.4. The Hall–Kier alpha value is -2.25. The first-order valence-electron chi connectivity index (χ1n) is 9.11. The number of hydrogen-bond acceptors (Lipinski definition) is 6. The summed E-state index contributed by atoms with van der Waals surface area (Å²) in [6.07, 6.45) is 0. The summed E-state index contributed by atoms with van der Waals surface area (Å²) in [5.74, 6) is 1.60. The SMILES string of the molecule is CC(C)(C)c1nc(N2CCOCC2)c2nn(Cc3ccccc3Cl)nc2n1. The minimum atomic E-state index is -0.179. The van der Waals surface area contributed by atoms with Gasteiger partial charge in [-0.15, -0.1) is 10.2 Å². The number of morpholine rings is 1. The van der Waals surface area contributed by atoms with Crippen LogP contribution in [0.25, 0.3) is 11.2 Å². The maximum absolute atomic E-state index is 6.29. The summed E-state index contributed by atoms with van der Waals surface area (Å²) in [6, 6.07) is 7.72. The van der Waals surface area contributed by atoms with Gasteiger partial charge in [-0.2, -0.15) is 4.80 Å². The molecular formula is C19H23ClN6O. The third kappa shape index (κ3) is 3.75. The maximum Gasteiger partial charge on any atom is 0.207 e. The highest BCUT2D eigenvalue weighted by molar-refractivity contribution is 6.31. The molecule has 0 aliphatic carbocycles. The lowest BCUT2D eigenvalue weighted by Crippen LogP contribution is -2.37. The first kappa shape index (κ1) is 18.1. The fourth-order valence-corrected chi connectivity index (χ4v) is 3.21. The Kier molecular flexibility index (Phi) is 4.74. The Morgan fingerprint density at radius 1 is 1.07 bits per heavy atom. The molecule has 142 valence electrons. The molecule has 1 aliphatic heterocycles. The van der Waals surface area contributed by atoms with Crippen LogP contribution in [0.4, 0.5) is 5.82 Å². The van der Waals surface area contributed by atoms with Crippen molar-refractivity contribution in [3.8, 4) is 0 Å². The smallest absolute Gasteiger partial charge is 0.207 e. The molecule has 7 nitrogen and oxygen atoms in total. The van der Waals surface area contributed by atoms with Crippen LogP contribution in [0, 0.1) is 0 Å². The van der Waals surface area contributed by atoms with E-state index in [9.17, 15) is 0 Å². The van der Waals surface area contributed by atoms with Gasteiger partial charge < -0.3 is 9.64 Å². The Bertz CT molecular complexity index is 958. The highest BCUT2D eigenvalue weighted by Gasteiger charge is 2.25. The molecule has 0 bridgehead atoms. The van der Waals surface area contributed by atoms with Gasteiger partial charge in [-0.1, -0.05) is 50.6 Å². The van der Waals surface area contributed by atoms with Crippen molar-refractivity contribution in [2.75, 3.05) is 31.2 Å². The quantitative estimate of drug-likeness (QED) is 0.689. The van der Waals surface area contributed by atoms with Crippen LogP contribution in [0.2, 0.25) is 5.02 Å². The second-order valence-electron chi connectivity index (χ2n) is 7.71. The van der Waals surface area contributed by atoms with E-state index in [1.54, 1.807) is 4.80 Å². The van der Waals surface area contributed by atoms with Gasteiger partial charge in [0.25, 0.3) is 0 Å². The van der Waals surface area contributed by atoms with Gasteiger partial charge in [-0.05, 0) is 11.6 Å². The number of benzene rings is 1. The van der Waals surface area contributed by atoms with Gasteiger partial charge in [0.1, 0.15) is 5.82 Å². The van der Waals surface area contributed by atoms with E-state index < -0.39 is 0 Å². The minimum Gasteiger partial charge on any atom is -0.378 e. The van der Waals surface area contributed by atoms with E-state index in [0.29, 0.717) is 30.4 Å². The number of rotatable bonds is 3. The number of anilines is 1. The van der Waals surface area contributed by atoms with Gasteiger partial charge >= 0.3 is 0 Å². The first-order valence-corrected chi connectivity index (χ1v) is 9.49. The van der Waals surface area contributed by atoms with E-state index in [1.807, 2.05) is 24.3 Å². The van der Waals surface area contributed by atoms with Crippen LogP contribution in [0.1, 0.15) is 32.2 Å². The molecule has 0 spiro atoms. The summed E-state index contributed by atoms with van der Waals surface area (Å²) in [5, 5.41) is 10.0. The van der Waals surface area contributed by atoms with Gasteiger partial charge in [0.2, 0.25) is 5.65 Å². The normalized spacial score (nSPS) is 15.5. The number of hydrogen-bond donors (Lipinski definition) is 0. The molecule has 0 saturated carbocycles. The molecule has 0 atom stereocenters. The molecule has 0 amide bonds. The molecule has 1 aromatic carbocycles. The molecule has 1 aliphatic rings. The lowest BCUT2D eigenvalue weighted by atomic mass is 9.96. The summed E-state index contributed by atoms with van der Waals surface area (Å²) in [5.41, 5.74) is 2.12. The lowest BCUT2D eigenvalue weighted by Gasteiger charge is -2.28. The first-order chi connectivity index (χ1) is 12.9. The largest absolute Gasteiger partial charge is 0.378 e. The molecule has 1 saturated heterocycles. The number of halogens is 1. The second kappa shape index (κ2) is 7.05. The van der Waals surface area contributed by atoms with Crippen molar-refractivity contribution < 1.29 is 4.74 Å². The Labute approximate surface area is 163 Å². The third-order valence-electron chi connectivity index (χ3n) is 4.52. The van der Waals surface area contributed by atoms with Crippen molar-refractivity contribution in [2.45, 2.75) is 32.7 Å². The predicted octanol–water partition coefficient (Wildman–Crippen LogP) is 3.06. The van der Waals surface area contributed by atoms with Crippen LogP contribution in [0.15, 0.2) is 24.3 Å². The summed E-state index contributed by atoms with van der Waals surface area (Å²) in [7, 11) is 0. The molecule has 0 radical (unpaired) electrons. The molecule has 2 aromatic heterocycles. The predicted molar refractivity (Wildman–Crippen MR) is 105 cm³/mol. The molecule has 0 N–H and O–H groups in total. The van der Waals surface area contributed by atoms with E-state index in [0.717, 1.165) is 35.8 Å². The van der Waals surface area contributed by atoms with Gasteiger partial charge in [0.05, 0.1) is 19.8 Å². The van der Waals surface area contributed by atoms with E-state index >= 15 is 0 Å². The van der Waals surface area contributed by atoms with Crippen LogP contribution in [0.5, 0.6) is 0 Å². The van der Waals surface area contributed by atoms with Gasteiger partial charge in [0, 0.05) is 23.5 Å². The molecule has 3 heterocycles. The minimum absolute atomic E-state index is 0.179. The van der Waals surface area contributed by atoms with E-state index in [1.165, 1.54) is 0 Å². The van der Waals surface area contributed by atoms with Crippen molar-refractivity contribution >= 4 is 28.6 Å². The maximum atomic E-state index is 6.29. The van der Waals surface area contributed by atoms with Gasteiger partial charge in [-0.25, -0.2) is 9.97 Å². The topological polar surface area (TPSA) is 69.0 Å². The number of nitrogens with zero attached hydrogens (tertiary/aromatic N) is 6. The highest BCUT2D eigenvalue weighted by Crippen LogP contribution is 2.27. The zero-order chi connectivity index (χ0) is 19.0. The monoisotopic (exact) mass is 386 g/mol. The Morgan fingerprint density at radius 3 is 2.52 bits per heavy atom. The van der Waals surface area contributed by atoms with Crippen molar-refractivity contribution in [1.29, 1.82) is 0 Å². The number of aromatic nitrogens is 5. The lowest BCUT2D eigenvalue weighted by molar-refractivity contribution is 0.122. The van der Waals surface area contributed by atoms with Crippen molar-refractivity contribution in [3.05, 3.63) is 40.7 Å². The van der Waals surface area contributed by atoms with E-state index in [4.69, 9.17) is 26.3 Å². The summed E-state index contributed by atoms with van der Waals surface area (Å²) < 4.78 is 5.49. The van der Waals surface area contributed by atoms with Crippen LogP contribution in [-0.2, 0) is 16.7 Å². The van der Waals surface area contributed by atoms with E-state index in [-0.39, 0.29) is 5.41 Å². The fraction of sp³-hybridized carbons (Fsp3) is 0.474. The highest BCUT2D eigenvalue weighted by atomic mass is 35.5.